The van der Waals surface area contributed by atoms with Gasteiger partial charge >= 0.3 is 5.97 Å². The largest absolute Gasteiger partial charge is 0.458 e. The third-order valence-corrected chi connectivity index (χ3v) is 2.81. The van der Waals surface area contributed by atoms with E-state index in [1.807, 2.05) is 18.2 Å². The molecule has 0 saturated carbocycles. The maximum absolute atomic E-state index is 11.8. The molecule has 0 N–H and O–H groups in total. The van der Waals surface area contributed by atoms with Crippen LogP contribution in [-0.4, -0.2) is 12.1 Å². The van der Waals surface area contributed by atoms with E-state index in [0.717, 1.165) is 19.3 Å². The standard InChI is InChI=1S/C14H16O2/c1-11-6-5-9-13(10-11)16-14(15)12-7-3-2-4-8-12/h2-4,6-8,13H,5,9-10H2,1H3. The number of hydrogen-bond acceptors (Lipinski definition) is 2. The molecule has 2 nitrogen and oxygen atoms in total. The summed E-state index contributed by atoms with van der Waals surface area (Å²) in [5.41, 5.74) is 1.95. The Morgan fingerprint density at radius 3 is 2.75 bits per heavy atom. The Bertz CT molecular complexity index is 392. The normalized spacial score (nSPS) is 20.1. The summed E-state index contributed by atoms with van der Waals surface area (Å²) in [7, 11) is 0. The zero-order chi connectivity index (χ0) is 11.4. The van der Waals surface area contributed by atoms with Crippen LogP contribution in [-0.2, 0) is 4.74 Å². The summed E-state index contributed by atoms with van der Waals surface area (Å²) in [5, 5.41) is 0. The van der Waals surface area contributed by atoms with Gasteiger partial charge in [-0.15, -0.1) is 0 Å². The minimum atomic E-state index is -0.208. The number of esters is 1. The molecule has 0 fully saturated rings. The first-order valence-electron chi connectivity index (χ1n) is 5.67. The summed E-state index contributed by atoms with van der Waals surface area (Å²) >= 11 is 0. The maximum Gasteiger partial charge on any atom is 0.338 e. The van der Waals surface area contributed by atoms with Crippen LogP contribution in [0.15, 0.2) is 42.0 Å². The molecule has 0 heterocycles. The third-order valence-electron chi connectivity index (χ3n) is 2.81. The summed E-state index contributed by atoms with van der Waals surface area (Å²) < 4.78 is 5.47. The Labute approximate surface area is 95.9 Å². The molecule has 0 radical (unpaired) electrons. The molecule has 1 aromatic rings. The van der Waals surface area contributed by atoms with Gasteiger partial charge in [-0.2, -0.15) is 0 Å². The summed E-state index contributed by atoms with van der Waals surface area (Å²) in [5.74, 6) is -0.208. The highest BCUT2D eigenvalue weighted by Crippen LogP contribution is 2.21. The number of carbonyl (C=O) groups excluding carboxylic acids is 1. The lowest BCUT2D eigenvalue weighted by atomic mass is 9.98. The maximum atomic E-state index is 11.8. The number of benzene rings is 1. The molecule has 0 bridgehead atoms. The van der Waals surface area contributed by atoms with Gasteiger partial charge in [-0.25, -0.2) is 4.79 Å². The summed E-state index contributed by atoms with van der Waals surface area (Å²) in [6, 6.07) is 9.16. The molecular weight excluding hydrogens is 200 g/mol. The Morgan fingerprint density at radius 2 is 2.06 bits per heavy atom. The molecule has 0 amide bonds. The van der Waals surface area contributed by atoms with E-state index >= 15 is 0 Å². The summed E-state index contributed by atoms with van der Waals surface area (Å²) in [6.07, 6.45) is 5.10. The van der Waals surface area contributed by atoms with Gasteiger partial charge in [0.25, 0.3) is 0 Å². The quantitative estimate of drug-likeness (QED) is 0.560. The van der Waals surface area contributed by atoms with E-state index in [-0.39, 0.29) is 12.1 Å². The van der Waals surface area contributed by atoms with Crippen molar-refractivity contribution in [2.75, 3.05) is 0 Å². The van der Waals surface area contributed by atoms with Crippen LogP contribution in [0.1, 0.15) is 36.5 Å². The van der Waals surface area contributed by atoms with Gasteiger partial charge in [0.15, 0.2) is 0 Å². The number of hydrogen-bond donors (Lipinski definition) is 0. The molecule has 1 aromatic carbocycles. The molecule has 1 aliphatic carbocycles. The number of allylic oxidation sites excluding steroid dienone is 1. The van der Waals surface area contributed by atoms with Gasteiger partial charge < -0.3 is 4.74 Å². The van der Waals surface area contributed by atoms with Crippen LogP contribution < -0.4 is 0 Å². The average molecular weight is 216 g/mol. The molecular formula is C14H16O2. The van der Waals surface area contributed by atoms with E-state index in [1.54, 1.807) is 12.1 Å². The topological polar surface area (TPSA) is 26.3 Å². The van der Waals surface area contributed by atoms with Gasteiger partial charge in [-0.05, 0) is 31.9 Å². The van der Waals surface area contributed by atoms with Gasteiger partial charge in [0, 0.05) is 6.42 Å². The highest BCUT2D eigenvalue weighted by Gasteiger charge is 2.18. The Hall–Kier alpha value is -1.57. The van der Waals surface area contributed by atoms with Gasteiger partial charge in [0.2, 0.25) is 0 Å². The second-order valence-corrected chi connectivity index (χ2v) is 4.23. The fourth-order valence-electron chi connectivity index (χ4n) is 1.95. The second-order valence-electron chi connectivity index (χ2n) is 4.23. The molecule has 0 spiro atoms. The summed E-state index contributed by atoms with van der Waals surface area (Å²) in [6.45, 7) is 2.09. The van der Waals surface area contributed by atoms with Crippen LogP contribution in [0.25, 0.3) is 0 Å². The predicted molar refractivity (Wildman–Crippen MR) is 63.3 cm³/mol. The first-order valence-corrected chi connectivity index (χ1v) is 5.67. The monoisotopic (exact) mass is 216 g/mol. The van der Waals surface area contributed by atoms with Gasteiger partial charge in [0.1, 0.15) is 6.10 Å². The Balaban J connectivity index is 1.96. The molecule has 2 heteroatoms. The minimum Gasteiger partial charge on any atom is -0.458 e. The molecule has 0 saturated heterocycles. The number of ether oxygens (including phenoxy) is 1. The minimum absolute atomic E-state index is 0.0534. The third kappa shape index (κ3) is 2.72. The van der Waals surface area contributed by atoms with E-state index in [1.165, 1.54) is 5.57 Å². The summed E-state index contributed by atoms with van der Waals surface area (Å²) in [4.78, 5) is 11.8. The number of rotatable bonds is 2. The van der Waals surface area contributed by atoms with Crippen LogP contribution in [0, 0.1) is 0 Å². The van der Waals surface area contributed by atoms with Gasteiger partial charge in [-0.1, -0.05) is 29.8 Å². The van der Waals surface area contributed by atoms with Crippen molar-refractivity contribution in [3.05, 3.63) is 47.5 Å². The molecule has 1 aliphatic rings. The SMILES string of the molecule is CC1=CCCC(OC(=O)c2ccccc2)C1. The molecule has 1 unspecified atom stereocenters. The van der Waals surface area contributed by atoms with Crippen molar-refractivity contribution < 1.29 is 9.53 Å². The molecule has 2 rings (SSSR count). The fourth-order valence-corrected chi connectivity index (χ4v) is 1.95. The highest BCUT2D eigenvalue weighted by atomic mass is 16.5. The van der Waals surface area contributed by atoms with E-state index in [0.29, 0.717) is 5.56 Å². The second kappa shape index (κ2) is 4.97. The van der Waals surface area contributed by atoms with Crippen molar-refractivity contribution in [2.45, 2.75) is 32.3 Å². The molecule has 1 atom stereocenters. The van der Waals surface area contributed by atoms with Crippen molar-refractivity contribution in [1.29, 1.82) is 0 Å². The van der Waals surface area contributed by atoms with Crippen LogP contribution in [0.5, 0.6) is 0 Å². The number of carbonyl (C=O) groups is 1. The van der Waals surface area contributed by atoms with Crippen molar-refractivity contribution in [1.82, 2.24) is 0 Å². The molecule has 0 aromatic heterocycles. The van der Waals surface area contributed by atoms with Crippen molar-refractivity contribution in [3.63, 3.8) is 0 Å². The van der Waals surface area contributed by atoms with E-state index in [4.69, 9.17) is 4.74 Å². The lowest BCUT2D eigenvalue weighted by molar-refractivity contribution is 0.0275. The van der Waals surface area contributed by atoms with Crippen LogP contribution >= 0.6 is 0 Å². The Kier molecular flexibility index (Phi) is 3.40. The van der Waals surface area contributed by atoms with Crippen molar-refractivity contribution >= 4 is 5.97 Å². The molecule has 84 valence electrons. The van der Waals surface area contributed by atoms with E-state index < -0.39 is 0 Å². The lowest BCUT2D eigenvalue weighted by Crippen LogP contribution is -2.20. The first-order chi connectivity index (χ1) is 7.75. The van der Waals surface area contributed by atoms with Crippen LogP contribution in [0.4, 0.5) is 0 Å². The average Bonchev–Trinajstić information content (AvgIpc) is 2.30. The highest BCUT2D eigenvalue weighted by molar-refractivity contribution is 5.89. The van der Waals surface area contributed by atoms with E-state index in [2.05, 4.69) is 13.0 Å². The fraction of sp³-hybridized carbons (Fsp3) is 0.357. The van der Waals surface area contributed by atoms with Crippen molar-refractivity contribution in [3.8, 4) is 0 Å². The van der Waals surface area contributed by atoms with Gasteiger partial charge in [0.05, 0.1) is 5.56 Å². The lowest BCUT2D eigenvalue weighted by Gasteiger charge is -2.21. The zero-order valence-electron chi connectivity index (χ0n) is 9.48. The van der Waals surface area contributed by atoms with Gasteiger partial charge in [-0.3, -0.25) is 0 Å². The van der Waals surface area contributed by atoms with Crippen molar-refractivity contribution in [2.24, 2.45) is 0 Å². The molecule has 0 aliphatic heterocycles. The predicted octanol–water partition coefficient (Wildman–Crippen LogP) is 3.34. The molecule has 16 heavy (non-hydrogen) atoms. The first kappa shape index (κ1) is 10.9. The zero-order valence-corrected chi connectivity index (χ0v) is 9.48. The smallest absolute Gasteiger partial charge is 0.338 e. The Morgan fingerprint density at radius 1 is 1.31 bits per heavy atom. The van der Waals surface area contributed by atoms with Crippen LogP contribution in [0.3, 0.4) is 0 Å². The van der Waals surface area contributed by atoms with Crippen LogP contribution in [0.2, 0.25) is 0 Å². The van der Waals surface area contributed by atoms with E-state index in [9.17, 15) is 4.79 Å².